The largest absolute Gasteiger partial charge is 0.493 e. The number of carbonyl (C=O) groups excluding carboxylic acids is 4. The van der Waals surface area contributed by atoms with E-state index in [0.717, 1.165) is 21.6 Å². The number of imide groups is 1. The molecule has 3 aromatic rings. The first-order valence-corrected chi connectivity index (χ1v) is 12.0. The molecule has 0 aromatic heterocycles. The normalized spacial score (nSPS) is 12.3. The maximum atomic E-state index is 13.1. The highest BCUT2D eigenvalue weighted by Gasteiger charge is 2.38. The quantitative estimate of drug-likeness (QED) is 0.341. The number of hydrogen-bond acceptors (Lipinski definition) is 7. The van der Waals surface area contributed by atoms with Gasteiger partial charge in [0.1, 0.15) is 0 Å². The van der Waals surface area contributed by atoms with E-state index in [9.17, 15) is 19.2 Å². The lowest BCUT2D eigenvalue weighted by molar-refractivity contribution is -0.124. The van der Waals surface area contributed by atoms with Crippen molar-refractivity contribution in [3.63, 3.8) is 0 Å². The lowest BCUT2D eigenvalue weighted by Gasteiger charge is -2.17. The van der Waals surface area contributed by atoms with Crippen molar-refractivity contribution in [2.75, 3.05) is 32.3 Å². The number of anilines is 1. The van der Waals surface area contributed by atoms with E-state index in [1.165, 1.54) is 18.2 Å². The fraction of sp³-hybridized carbons (Fsp3) is 0.241. The summed E-state index contributed by atoms with van der Waals surface area (Å²) in [6.45, 7) is 3.54. The Hall–Kier alpha value is -4.66. The summed E-state index contributed by atoms with van der Waals surface area (Å²) in [7, 11) is 3.10. The summed E-state index contributed by atoms with van der Waals surface area (Å²) in [4.78, 5) is 51.9. The predicted molar refractivity (Wildman–Crippen MR) is 140 cm³/mol. The molecule has 0 saturated carbocycles. The SMILES string of the molecule is COc1ccc(CCNC(=O)COC(=O)c2ccc3c(c2)C(=O)N(c2cc(C)ccc2C)C3=O)cc1OC. The fourth-order valence-corrected chi connectivity index (χ4v) is 4.19. The third-order valence-corrected chi connectivity index (χ3v) is 6.25. The number of aryl methyl sites for hydroxylation is 2. The Bertz CT molecular complexity index is 1430. The standard InChI is InChI=1S/C29H28N2O7/c1-17-5-6-18(2)23(13-17)31-27(33)21-9-8-20(15-22(21)28(31)34)29(35)38-16-26(32)30-12-11-19-7-10-24(36-3)25(14-19)37-4/h5-10,13-15H,11-12,16H2,1-4H3,(H,30,32). The van der Waals surface area contributed by atoms with Gasteiger partial charge >= 0.3 is 5.97 Å². The van der Waals surface area contributed by atoms with Crippen LogP contribution in [0, 0.1) is 13.8 Å². The molecule has 196 valence electrons. The highest BCUT2D eigenvalue weighted by molar-refractivity contribution is 6.35. The third kappa shape index (κ3) is 5.36. The molecule has 4 rings (SSSR count). The monoisotopic (exact) mass is 516 g/mol. The van der Waals surface area contributed by atoms with E-state index in [4.69, 9.17) is 14.2 Å². The molecule has 1 aliphatic heterocycles. The number of benzene rings is 3. The van der Waals surface area contributed by atoms with Crippen LogP contribution in [0.25, 0.3) is 0 Å². The van der Waals surface area contributed by atoms with Crippen LogP contribution in [0.15, 0.2) is 54.6 Å². The lowest BCUT2D eigenvalue weighted by atomic mass is 10.1. The van der Waals surface area contributed by atoms with Crippen molar-refractivity contribution in [3.8, 4) is 11.5 Å². The second-order valence-corrected chi connectivity index (χ2v) is 8.86. The molecule has 9 nitrogen and oxygen atoms in total. The highest BCUT2D eigenvalue weighted by atomic mass is 16.5. The van der Waals surface area contributed by atoms with Gasteiger partial charge in [0, 0.05) is 6.54 Å². The molecule has 0 unspecified atom stereocenters. The highest BCUT2D eigenvalue weighted by Crippen LogP contribution is 2.32. The number of nitrogens with zero attached hydrogens (tertiary/aromatic N) is 1. The zero-order valence-electron chi connectivity index (χ0n) is 21.6. The van der Waals surface area contributed by atoms with Crippen LogP contribution < -0.4 is 19.7 Å². The van der Waals surface area contributed by atoms with Crippen molar-refractivity contribution in [3.05, 3.63) is 88.0 Å². The number of ether oxygens (including phenoxy) is 3. The molecule has 0 radical (unpaired) electrons. The molecule has 0 bridgehead atoms. The number of esters is 1. The van der Waals surface area contributed by atoms with E-state index in [1.54, 1.807) is 26.4 Å². The summed E-state index contributed by atoms with van der Waals surface area (Å²) in [5.41, 5.74) is 3.53. The van der Waals surface area contributed by atoms with Gasteiger partial charge in [-0.1, -0.05) is 18.2 Å². The number of nitrogens with one attached hydrogen (secondary N) is 1. The summed E-state index contributed by atoms with van der Waals surface area (Å²) in [6, 6.07) is 15.2. The first-order valence-electron chi connectivity index (χ1n) is 12.0. The van der Waals surface area contributed by atoms with E-state index in [-0.39, 0.29) is 16.7 Å². The van der Waals surface area contributed by atoms with Gasteiger partial charge in [-0.25, -0.2) is 9.69 Å². The van der Waals surface area contributed by atoms with Gasteiger partial charge < -0.3 is 19.5 Å². The number of rotatable bonds is 9. The summed E-state index contributed by atoms with van der Waals surface area (Å²) >= 11 is 0. The summed E-state index contributed by atoms with van der Waals surface area (Å²) in [6.07, 6.45) is 0.540. The van der Waals surface area contributed by atoms with Gasteiger partial charge in [0.15, 0.2) is 18.1 Å². The lowest BCUT2D eigenvalue weighted by Crippen LogP contribution is -2.30. The molecule has 0 aliphatic carbocycles. The van der Waals surface area contributed by atoms with Crippen LogP contribution in [0.1, 0.15) is 47.8 Å². The van der Waals surface area contributed by atoms with Crippen LogP contribution in [0.4, 0.5) is 5.69 Å². The Labute approximate surface area is 220 Å². The minimum absolute atomic E-state index is 0.0749. The number of fused-ring (bicyclic) bond motifs is 1. The van der Waals surface area contributed by atoms with Crippen molar-refractivity contribution >= 4 is 29.4 Å². The van der Waals surface area contributed by atoms with Gasteiger partial charge in [0.05, 0.1) is 36.6 Å². The number of amides is 3. The van der Waals surface area contributed by atoms with Crippen LogP contribution in [0.3, 0.4) is 0 Å². The first-order chi connectivity index (χ1) is 18.2. The minimum atomic E-state index is -0.770. The molecule has 0 spiro atoms. The maximum absolute atomic E-state index is 13.1. The average Bonchev–Trinajstić information content (AvgIpc) is 3.17. The van der Waals surface area contributed by atoms with Crippen molar-refractivity contribution < 1.29 is 33.4 Å². The zero-order chi connectivity index (χ0) is 27.4. The van der Waals surface area contributed by atoms with Gasteiger partial charge in [-0.2, -0.15) is 0 Å². The van der Waals surface area contributed by atoms with E-state index in [0.29, 0.717) is 30.2 Å². The molecule has 0 saturated heterocycles. The van der Waals surface area contributed by atoms with Gasteiger partial charge in [-0.05, 0) is 73.4 Å². The second-order valence-electron chi connectivity index (χ2n) is 8.86. The Morgan fingerprint density at radius 2 is 1.58 bits per heavy atom. The second kappa shape index (κ2) is 11.2. The van der Waals surface area contributed by atoms with Crippen molar-refractivity contribution in [2.24, 2.45) is 0 Å². The van der Waals surface area contributed by atoms with Crippen molar-refractivity contribution in [1.29, 1.82) is 0 Å². The molecular weight excluding hydrogens is 488 g/mol. The zero-order valence-corrected chi connectivity index (χ0v) is 21.6. The summed E-state index contributed by atoms with van der Waals surface area (Å²) in [5.74, 6) is -0.992. The van der Waals surface area contributed by atoms with Crippen molar-refractivity contribution in [2.45, 2.75) is 20.3 Å². The first kappa shape index (κ1) is 26.4. The number of methoxy groups -OCH3 is 2. The molecule has 38 heavy (non-hydrogen) atoms. The van der Waals surface area contributed by atoms with Gasteiger partial charge in [-0.3, -0.25) is 14.4 Å². The molecule has 0 atom stereocenters. The van der Waals surface area contributed by atoms with E-state index >= 15 is 0 Å². The summed E-state index contributed by atoms with van der Waals surface area (Å²) in [5, 5.41) is 2.70. The summed E-state index contributed by atoms with van der Waals surface area (Å²) < 4.78 is 15.6. The van der Waals surface area contributed by atoms with Crippen LogP contribution >= 0.6 is 0 Å². The van der Waals surface area contributed by atoms with Gasteiger partial charge in [-0.15, -0.1) is 0 Å². The molecule has 3 amide bonds. The molecule has 1 heterocycles. The molecular formula is C29H28N2O7. The van der Waals surface area contributed by atoms with E-state index in [2.05, 4.69) is 5.32 Å². The smallest absolute Gasteiger partial charge is 0.338 e. The number of hydrogen-bond donors (Lipinski definition) is 1. The van der Waals surface area contributed by atoms with Crippen LogP contribution in [0.2, 0.25) is 0 Å². The molecule has 9 heteroatoms. The fourth-order valence-electron chi connectivity index (χ4n) is 4.19. The van der Waals surface area contributed by atoms with Gasteiger partial charge in [0.25, 0.3) is 17.7 Å². The Kier molecular flexibility index (Phi) is 7.76. The molecule has 3 aromatic carbocycles. The van der Waals surface area contributed by atoms with Crippen molar-refractivity contribution in [1.82, 2.24) is 5.32 Å². The Morgan fingerprint density at radius 1 is 0.842 bits per heavy atom. The van der Waals surface area contributed by atoms with E-state index in [1.807, 2.05) is 38.1 Å². The maximum Gasteiger partial charge on any atom is 0.338 e. The Morgan fingerprint density at radius 3 is 2.32 bits per heavy atom. The molecule has 0 fully saturated rings. The third-order valence-electron chi connectivity index (χ3n) is 6.25. The van der Waals surface area contributed by atoms with Gasteiger partial charge in [0.2, 0.25) is 0 Å². The predicted octanol–water partition coefficient (Wildman–Crippen LogP) is 3.64. The molecule has 1 aliphatic rings. The number of carbonyl (C=O) groups is 4. The van der Waals surface area contributed by atoms with Crippen LogP contribution in [-0.2, 0) is 16.0 Å². The van der Waals surface area contributed by atoms with E-state index < -0.39 is 30.3 Å². The van der Waals surface area contributed by atoms with Crippen LogP contribution in [0.5, 0.6) is 11.5 Å². The topological polar surface area (TPSA) is 111 Å². The average molecular weight is 517 g/mol. The minimum Gasteiger partial charge on any atom is -0.493 e. The Balaban J connectivity index is 1.34. The van der Waals surface area contributed by atoms with Crippen LogP contribution in [-0.4, -0.2) is 51.1 Å². The molecule has 1 N–H and O–H groups in total.